The Kier molecular flexibility index (Phi) is 6.63. The molecule has 1 amide bonds. The number of hydrogen-bond donors (Lipinski definition) is 1. The van der Waals surface area contributed by atoms with Crippen LogP contribution in [0.25, 0.3) is 0 Å². The lowest BCUT2D eigenvalue weighted by molar-refractivity contribution is -0.119. The van der Waals surface area contributed by atoms with Crippen molar-refractivity contribution in [2.75, 3.05) is 25.4 Å². The van der Waals surface area contributed by atoms with Crippen LogP contribution in [0.3, 0.4) is 0 Å². The van der Waals surface area contributed by atoms with Crippen LogP contribution in [0.5, 0.6) is 0 Å². The van der Waals surface area contributed by atoms with Gasteiger partial charge in [0.2, 0.25) is 5.91 Å². The second kappa shape index (κ2) is 9.14. The molecule has 1 aliphatic rings. The first kappa shape index (κ1) is 18.9. The number of likely N-dealkylation sites (tertiary alicyclic amines) is 1. The number of benzene rings is 1. The fraction of sp³-hybridized carbons (Fsp3) is 0.450. The maximum Gasteiger partial charge on any atom is 0.231 e. The van der Waals surface area contributed by atoms with Gasteiger partial charge in [-0.05, 0) is 51.4 Å². The van der Waals surface area contributed by atoms with Crippen LogP contribution in [0.15, 0.2) is 41.6 Å². The highest BCUT2D eigenvalue weighted by atomic mass is 32.2. The fourth-order valence-electron chi connectivity index (χ4n) is 3.27. The number of nitrogens with one attached hydrogen (secondary N) is 1. The van der Waals surface area contributed by atoms with Gasteiger partial charge in [0.05, 0.1) is 11.8 Å². The predicted molar refractivity (Wildman–Crippen MR) is 105 cm³/mol. The zero-order chi connectivity index (χ0) is 18.4. The summed E-state index contributed by atoms with van der Waals surface area (Å²) in [6.45, 7) is 6.98. The minimum atomic E-state index is 0.0163. The number of carbonyl (C=O) groups is 1. The molecule has 26 heavy (non-hydrogen) atoms. The van der Waals surface area contributed by atoms with E-state index in [1.54, 1.807) is 0 Å². The van der Waals surface area contributed by atoms with E-state index in [1.807, 2.05) is 38.1 Å². The van der Waals surface area contributed by atoms with Gasteiger partial charge in [-0.1, -0.05) is 42.1 Å². The molecule has 1 aromatic heterocycles. The van der Waals surface area contributed by atoms with Crippen molar-refractivity contribution in [3.63, 3.8) is 0 Å². The standard InChI is InChI=1S/C20H26N4OS/c1-15-12-16(2)22-20(21-15)26-14-19(25)23-18(13-24-10-6-7-11-24)17-8-4-3-5-9-17/h3-5,8-9,12,18H,6-7,10-11,13-14H2,1-2H3,(H,23,25)/t18-/m1/s1. The van der Waals surface area contributed by atoms with E-state index in [0.29, 0.717) is 10.9 Å². The van der Waals surface area contributed by atoms with Crippen molar-refractivity contribution >= 4 is 17.7 Å². The Morgan fingerprint density at radius 3 is 2.46 bits per heavy atom. The largest absolute Gasteiger partial charge is 0.347 e. The van der Waals surface area contributed by atoms with Crippen LogP contribution in [0.1, 0.15) is 35.8 Å². The molecule has 1 N–H and O–H groups in total. The SMILES string of the molecule is Cc1cc(C)nc(SCC(=O)N[C@H](CN2CCCC2)c2ccccc2)n1. The highest BCUT2D eigenvalue weighted by Crippen LogP contribution is 2.19. The average Bonchev–Trinajstić information content (AvgIpc) is 3.12. The van der Waals surface area contributed by atoms with E-state index in [0.717, 1.165) is 36.6 Å². The Balaban J connectivity index is 1.60. The van der Waals surface area contributed by atoms with Gasteiger partial charge in [0.25, 0.3) is 0 Å². The first-order chi connectivity index (χ1) is 12.6. The number of aryl methyl sites for hydroxylation is 2. The number of nitrogens with zero attached hydrogens (tertiary/aromatic N) is 3. The summed E-state index contributed by atoms with van der Waals surface area (Å²) < 4.78 is 0. The van der Waals surface area contributed by atoms with E-state index in [9.17, 15) is 4.79 Å². The Labute approximate surface area is 159 Å². The molecule has 0 radical (unpaired) electrons. The average molecular weight is 371 g/mol. The van der Waals surface area contributed by atoms with E-state index >= 15 is 0 Å². The lowest BCUT2D eigenvalue weighted by atomic mass is 10.1. The Bertz CT molecular complexity index is 712. The van der Waals surface area contributed by atoms with Crippen LogP contribution in [0, 0.1) is 13.8 Å². The lowest BCUT2D eigenvalue weighted by Gasteiger charge is -2.25. The van der Waals surface area contributed by atoms with Crippen molar-refractivity contribution in [1.82, 2.24) is 20.2 Å². The van der Waals surface area contributed by atoms with Crippen molar-refractivity contribution < 1.29 is 4.79 Å². The maximum absolute atomic E-state index is 12.5. The zero-order valence-electron chi connectivity index (χ0n) is 15.4. The summed E-state index contributed by atoms with van der Waals surface area (Å²) in [5.41, 5.74) is 3.01. The third-order valence-corrected chi connectivity index (χ3v) is 5.32. The first-order valence-corrected chi connectivity index (χ1v) is 10.1. The van der Waals surface area contributed by atoms with Crippen LogP contribution in [-0.2, 0) is 4.79 Å². The molecule has 1 fully saturated rings. The van der Waals surface area contributed by atoms with Crippen LogP contribution in [-0.4, -0.2) is 46.2 Å². The van der Waals surface area contributed by atoms with Gasteiger partial charge in [-0.15, -0.1) is 0 Å². The van der Waals surface area contributed by atoms with Crippen molar-refractivity contribution in [3.05, 3.63) is 53.3 Å². The normalized spacial score (nSPS) is 15.8. The van der Waals surface area contributed by atoms with Gasteiger partial charge in [0.15, 0.2) is 5.16 Å². The van der Waals surface area contributed by atoms with E-state index in [1.165, 1.54) is 24.6 Å². The molecule has 6 heteroatoms. The van der Waals surface area contributed by atoms with Crippen LogP contribution < -0.4 is 5.32 Å². The van der Waals surface area contributed by atoms with Crippen LogP contribution >= 0.6 is 11.8 Å². The Morgan fingerprint density at radius 2 is 1.81 bits per heavy atom. The Morgan fingerprint density at radius 1 is 1.15 bits per heavy atom. The summed E-state index contributed by atoms with van der Waals surface area (Å²) in [6, 6.07) is 12.2. The molecule has 0 unspecified atom stereocenters. The molecule has 2 aromatic rings. The van der Waals surface area contributed by atoms with E-state index in [-0.39, 0.29) is 11.9 Å². The quantitative estimate of drug-likeness (QED) is 0.599. The molecule has 3 rings (SSSR count). The van der Waals surface area contributed by atoms with Gasteiger partial charge in [0, 0.05) is 17.9 Å². The molecule has 0 bridgehead atoms. The zero-order valence-corrected chi connectivity index (χ0v) is 16.3. The van der Waals surface area contributed by atoms with Crippen LogP contribution in [0.4, 0.5) is 0 Å². The van der Waals surface area contributed by atoms with Gasteiger partial charge in [0.1, 0.15) is 0 Å². The van der Waals surface area contributed by atoms with Gasteiger partial charge in [-0.2, -0.15) is 0 Å². The molecule has 2 heterocycles. The number of aromatic nitrogens is 2. The van der Waals surface area contributed by atoms with Crippen molar-refractivity contribution in [2.45, 2.75) is 37.9 Å². The molecule has 138 valence electrons. The molecule has 0 spiro atoms. The van der Waals surface area contributed by atoms with Gasteiger partial charge < -0.3 is 10.2 Å². The summed E-state index contributed by atoms with van der Waals surface area (Å²) in [6.07, 6.45) is 2.49. The van der Waals surface area contributed by atoms with Crippen molar-refractivity contribution in [2.24, 2.45) is 0 Å². The number of thioether (sulfide) groups is 1. The smallest absolute Gasteiger partial charge is 0.231 e. The summed E-state index contributed by atoms with van der Waals surface area (Å²) >= 11 is 1.39. The number of amides is 1. The Hall–Kier alpha value is -1.92. The highest BCUT2D eigenvalue weighted by Gasteiger charge is 2.20. The predicted octanol–water partition coefficient (Wildman–Crippen LogP) is 3.14. The summed E-state index contributed by atoms with van der Waals surface area (Å²) in [5.74, 6) is 0.345. The fourth-order valence-corrected chi connectivity index (χ4v) is 4.03. The molecular formula is C20H26N4OS. The van der Waals surface area contributed by atoms with E-state index in [4.69, 9.17) is 0 Å². The summed E-state index contributed by atoms with van der Waals surface area (Å²) in [4.78, 5) is 23.7. The highest BCUT2D eigenvalue weighted by molar-refractivity contribution is 7.99. The molecule has 0 saturated carbocycles. The molecule has 1 saturated heterocycles. The minimum Gasteiger partial charge on any atom is -0.347 e. The summed E-state index contributed by atoms with van der Waals surface area (Å²) in [5, 5.41) is 3.86. The van der Waals surface area contributed by atoms with Crippen LogP contribution in [0.2, 0.25) is 0 Å². The second-order valence-electron chi connectivity index (χ2n) is 6.76. The third kappa shape index (κ3) is 5.54. The lowest BCUT2D eigenvalue weighted by Crippen LogP contribution is -2.37. The third-order valence-electron chi connectivity index (χ3n) is 4.47. The number of rotatable bonds is 7. The van der Waals surface area contributed by atoms with Crippen molar-refractivity contribution in [3.8, 4) is 0 Å². The number of carbonyl (C=O) groups excluding carboxylic acids is 1. The molecule has 1 aromatic carbocycles. The van der Waals surface area contributed by atoms with Gasteiger partial charge in [-0.25, -0.2) is 9.97 Å². The van der Waals surface area contributed by atoms with Gasteiger partial charge in [-0.3, -0.25) is 4.79 Å². The van der Waals surface area contributed by atoms with E-state index in [2.05, 4.69) is 32.3 Å². The molecule has 5 nitrogen and oxygen atoms in total. The molecular weight excluding hydrogens is 344 g/mol. The second-order valence-corrected chi connectivity index (χ2v) is 7.70. The maximum atomic E-state index is 12.5. The minimum absolute atomic E-state index is 0.0163. The van der Waals surface area contributed by atoms with Gasteiger partial charge >= 0.3 is 0 Å². The molecule has 0 aliphatic carbocycles. The van der Waals surface area contributed by atoms with E-state index < -0.39 is 0 Å². The first-order valence-electron chi connectivity index (χ1n) is 9.12. The van der Waals surface area contributed by atoms with Crippen molar-refractivity contribution in [1.29, 1.82) is 0 Å². The molecule has 1 atom stereocenters. The topological polar surface area (TPSA) is 58.1 Å². The monoisotopic (exact) mass is 370 g/mol. The summed E-state index contributed by atoms with van der Waals surface area (Å²) in [7, 11) is 0. The molecule has 1 aliphatic heterocycles. The number of hydrogen-bond acceptors (Lipinski definition) is 5.